The molecule has 0 amide bonds. The molecule has 2 rings (SSSR count). The molecule has 0 aliphatic carbocycles. The number of benzene rings is 1. The van der Waals surface area contributed by atoms with E-state index >= 15 is 0 Å². The summed E-state index contributed by atoms with van der Waals surface area (Å²) in [5.74, 6) is 0.548. The number of aromatic nitrogens is 1. The summed E-state index contributed by atoms with van der Waals surface area (Å²) in [4.78, 5) is 3.92. The highest BCUT2D eigenvalue weighted by atomic mass is 79.9. The van der Waals surface area contributed by atoms with Gasteiger partial charge in [-0.1, -0.05) is 11.3 Å². The lowest BCUT2D eigenvalue weighted by atomic mass is 10.3. The van der Waals surface area contributed by atoms with E-state index in [1.54, 1.807) is 25.1 Å². The van der Waals surface area contributed by atoms with Crippen LogP contribution < -0.4 is 15.2 Å². The van der Waals surface area contributed by atoms with E-state index in [9.17, 15) is 8.42 Å². The summed E-state index contributed by atoms with van der Waals surface area (Å²) in [5, 5.41) is 0.215. The normalized spacial score (nSPS) is 11.3. The van der Waals surface area contributed by atoms with Gasteiger partial charge >= 0.3 is 0 Å². The summed E-state index contributed by atoms with van der Waals surface area (Å²) < 4.78 is 32.9. The van der Waals surface area contributed by atoms with Crippen molar-refractivity contribution in [2.45, 2.75) is 11.1 Å². The van der Waals surface area contributed by atoms with Crippen LogP contribution in [-0.2, 0) is 10.0 Å². The molecule has 0 spiro atoms. The smallest absolute Gasteiger partial charge is 0.273 e. The number of nitrogens with one attached hydrogen (secondary N) is 1. The third-order valence-electron chi connectivity index (χ3n) is 2.43. The number of methoxy groups -OCH3 is 1. The fourth-order valence-electron chi connectivity index (χ4n) is 1.55. The molecule has 0 aliphatic rings. The summed E-state index contributed by atoms with van der Waals surface area (Å²) in [5.41, 5.74) is 6.29. The number of halogens is 1. The lowest BCUT2D eigenvalue weighted by Crippen LogP contribution is -2.13. The first-order valence-corrected chi connectivity index (χ1v) is 8.52. The predicted molar refractivity (Wildman–Crippen MR) is 82.8 cm³/mol. The molecule has 0 saturated carbocycles. The van der Waals surface area contributed by atoms with Crippen LogP contribution in [0, 0.1) is 6.92 Å². The summed E-state index contributed by atoms with van der Waals surface area (Å²) in [6.07, 6.45) is 0. The van der Waals surface area contributed by atoms with Crippen LogP contribution in [0.2, 0.25) is 0 Å². The Balaban J connectivity index is 2.40. The van der Waals surface area contributed by atoms with Gasteiger partial charge < -0.3 is 10.5 Å². The van der Waals surface area contributed by atoms with Gasteiger partial charge in [0.1, 0.15) is 5.75 Å². The maximum Gasteiger partial charge on any atom is 0.273 e. The van der Waals surface area contributed by atoms with Crippen molar-refractivity contribution in [3.8, 4) is 5.75 Å². The first-order chi connectivity index (χ1) is 9.33. The molecular weight excluding hydrogens is 366 g/mol. The third-order valence-corrected chi connectivity index (χ3v) is 6.09. The molecule has 20 heavy (non-hydrogen) atoms. The minimum Gasteiger partial charge on any atom is -0.497 e. The predicted octanol–water partition coefficient (Wildman–Crippen LogP) is 2.61. The molecule has 1 aromatic heterocycles. The number of nitrogens with zero attached hydrogens (tertiary/aromatic N) is 1. The van der Waals surface area contributed by atoms with E-state index in [0.717, 1.165) is 11.3 Å². The van der Waals surface area contributed by atoms with E-state index in [1.165, 1.54) is 7.11 Å². The zero-order valence-corrected chi connectivity index (χ0v) is 13.9. The van der Waals surface area contributed by atoms with Crippen LogP contribution in [0.5, 0.6) is 5.75 Å². The molecule has 0 bridgehead atoms. The number of anilines is 2. The molecule has 1 aromatic carbocycles. The Labute approximate surface area is 129 Å². The number of sulfonamides is 1. The lowest BCUT2D eigenvalue weighted by Gasteiger charge is -2.10. The number of aryl methyl sites for hydroxylation is 1. The molecule has 0 saturated heterocycles. The largest absolute Gasteiger partial charge is 0.497 e. The van der Waals surface area contributed by atoms with Crippen LogP contribution >= 0.6 is 27.3 Å². The molecule has 3 N–H and O–H groups in total. The Morgan fingerprint density at radius 3 is 2.70 bits per heavy atom. The van der Waals surface area contributed by atoms with Gasteiger partial charge in [-0.05, 0) is 35.0 Å². The number of ether oxygens (including phenoxy) is 1. The molecule has 6 nitrogen and oxygen atoms in total. The molecule has 0 unspecified atom stereocenters. The third kappa shape index (κ3) is 3.05. The van der Waals surface area contributed by atoms with Crippen molar-refractivity contribution in [1.29, 1.82) is 0 Å². The first-order valence-electron chi connectivity index (χ1n) is 5.43. The van der Waals surface area contributed by atoms with Crippen LogP contribution in [0.3, 0.4) is 0 Å². The van der Waals surface area contributed by atoms with E-state index in [0.29, 0.717) is 21.6 Å². The number of thiazole rings is 1. The quantitative estimate of drug-likeness (QED) is 0.853. The van der Waals surface area contributed by atoms with Crippen LogP contribution in [0.1, 0.15) is 5.69 Å². The average Bonchev–Trinajstić information content (AvgIpc) is 2.72. The number of nitrogen functional groups attached to an aromatic ring is 1. The van der Waals surface area contributed by atoms with Crippen molar-refractivity contribution in [1.82, 2.24) is 4.98 Å². The Morgan fingerprint density at radius 1 is 1.45 bits per heavy atom. The van der Waals surface area contributed by atoms with E-state index in [1.807, 2.05) is 0 Å². The van der Waals surface area contributed by atoms with Crippen molar-refractivity contribution >= 4 is 48.1 Å². The standard InChI is InChI=1S/C11H12BrN3O3S2/c1-6-10(19-11(13)14-6)20(16,17)15-9-5-7(18-2)3-4-8(9)12/h3-5,15H,1-2H3,(H2,13,14). The second-order valence-corrected chi connectivity index (χ2v) is 7.64. The van der Waals surface area contributed by atoms with Gasteiger partial charge in [0.2, 0.25) is 0 Å². The summed E-state index contributed by atoms with van der Waals surface area (Å²) in [7, 11) is -2.22. The van der Waals surface area contributed by atoms with Crippen molar-refractivity contribution in [2.75, 3.05) is 17.6 Å². The summed E-state index contributed by atoms with van der Waals surface area (Å²) >= 11 is 4.22. The zero-order valence-electron chi connectivity index (χ0n) is 10.7. The van der Waals surface area contributed by atoms with Crippen molar-refractivity contribution < 1.29 is 13.2 Å². The Kier molecular flexibility index (Phi) is 4.21. The zero-order chi connectivity index (χ0) is 14.9. The minimum absolute atomic E-state index is 0.102. The molecule has 9 heteroatoms. The molecular formula is C11H12BrN3O3S2. The fourth-order valence-corrected chi connectivity index (χ4v) is 4.40. The molecule has 108 valence electrons. The number of hydrogen-bond acceptors (Lipinski definition) is 6. The molecule has 0 radical (unpaired) electrons. The topological polar surface area (TPSA) is 94.3 Å². The fraction of sp³-hybridized carbons (Fsp3) is 0.182. The monoisotopic (exact) mass is 377 g/mol. The Morgan fingerprint density at radius 2 is 2.15 bits per heavy atom. The maximum atomic E-state index is 12.3. The lowest BCUT2D eigenvalue weighted by molar-refractivity contribution is 0.415. The van der Waals surface area contributed by atoms with Gasteiger partial charge in [-0.2, -0.15) is 0 Å². The van der Waals surface area contributed by atoms with Gasteiger partial charge in [-0.3, -0.25) is 4.72 Å². The van der Waals surface area contributed by atoms with Gasteiger partial charge in [0.25, 0.3) is 10.0 Å². The Hall–Kier alpha value is -1.32. The van der Waals surface area contributed by atoms with Gasteiger partial charge in [-0.15, -0.1) is 0 Å². The van der Waals surface area contributed by atoms with Crippen molar-refractivity contribution in [3.63, 3.8) is 0 Å². The first kappa shape index (κ1) is 15.1. The van der Waals surface area contributed by atoms with E-state index in [2.05, 4.69) is 25.6 Å². The molecule has 0 fully saturated rings. The van der Waals surface area contributed by atoms with E-state index < -0.39 is 10.0 Å². The number of hydrogen-bond donors (Lipinski definition) is 2. The second kappa shape index (κ2) is 5.58. The Bertz CT molecular complexity index is 743. The maximum absolute atomic E-state index is 12.3. The highest BCUT2D eigenvalue weighted by molar-refractivity contribution is 9.10. The van der Waals surface area contributed by atoms with Crippen LogP contribution in [-0.4, -0.2) is 20.5 Å². The highest BCUT2D eigenvalue weighted by Crippen LogP contribution is 2.31. The number of rotatable bonds is 4. The highest BCUT2D eigenvalue weighted by Gasteiger charge is 2.22. The summed E-state index contributed by atoms with van der Waals surface area (Å²) in [6, 6.07) is 5.00. The SMILES string of the molecule is COc1ccc(Br)c(NS(=O)(=O)c2sc(N)nc2C)c1. The van der Waals surface area contributed by atoms with Crippen LogP contribution in [0.4, 0.5) is 10.8 Å². The minimum atomic E-state index is -3.73. The van der Waals surface area contributed by atoms with Crippen LogP contribution in [0.25, 0.3) is 0 Å². The van der Waals surface area contributed by atoms with Crippen molar-refractivity contribution in [2.24, 2.45) is 0 Å². The van der Waals surface area contributed by atoms with Gasteiger partial charge in [0, 0.05) is 10.5 Å². The molecule has 0 aliphatic heterocycles. The average molecular weight is 378 g/mol. The van der Waals surface area contributed by atoms with Crippen LogP contribution in [0.15, 0.2) is 26.9 Å². The van der Waals surface area contributed by atoms with E-state index in [4.69, 9.17) is 10.5 Å². The van der Waals surface area contributed by atoms with Crippen molar-refractivity contribution in [3.05, 3.63) is 28.4 Å². The molecule has 0 atom stereocenters. The number of nitrogens with two attached hydrogens (primary N) is 1. The second-order valence-electron chi connectivity index (χ2n) is 3.88. The summed E-state index contributed by atoms with van der Waals surface area (Å²) in [6.45, 7) is 1.60. The van der Waals surface area contributed by atoms with Gasteiger partial charge in [0.05, 0.1) is 18.5 Å². The van der Waals surface area contributed by atoms with E-state index in [-0.39, 0.29) is 9.34 Å². The molecule has 1 heterocycles. The van der Waals surface area contributed by atoms with Gasteiger partial charge in [-0.25, -0.2) is 13.4 Å². The van der Waals surface area contributed by atoms with Gasteiger partial charge in [0.15, 0.2) is 9.34 Å². The molecule has 2 aromatic rings.